The summed E-state index contributed by atoms with van der Waals surface area (Å²) in [4.78, 5) is 8.00. The van der Waals surface area contributed by atoms with Crippen molar-refractivity contribution in [3.63, 3.8) is 0 Å². The molecule has 0 radical (unpaired) electrons. The van der Waals surface area contributed by atoms with Crippen molar-refractivity contribution < 1.29 is 14.5 Å². The third-order valence-corrected chi connectivity index (χ3v) is 2.75. The number of phenolic OH excluding ortho intramolecular Hbond substituents is 1. The fourth-order valence-corrected chi connectivity index (χ4v) is 1.66. The van der Waals surface area contributed by atoms with Crippen LogP contribution in [0.2, 0.25) is 0 Å². The predicted molar refractivity (Wildman–Crippen MR) is 77.7 cm³/mol. The van der Waals surface area contributed by atoms with E-state index in [-0.39, 0.29) is 28.7 Å². The highest BCUT2D eigenvalue weighted by Gasteiger charge is 2.09. The molecular formula is C12H11N7O3. The highest BCUT2D eigenvalue weighted by molar-refractivity contribution is 5.84. The maximum Gasteiger partial charge on any atom is 0.245 e. The van der Waals surface area contributed by atoms with E-state index in [0.29, 0.717) is 11.3 Å². The topological polar surface area (TPSA) is 145 Å². The van der Waals surface area contributed by atoms with E-state index in [1.807, 2.05) is 0 Å². The monoisotopic (exact) mass is 301 g/mol. The lowest BCUT2D eigenvalue weighted by molar-refractivity contribution is 0.314. The van der Waals surface area contributed by atoms with Crippen molar-refractivity contribution in [3.8, 4) is 11.5 Å². The number of anilines is 2. The second kappa shape index (κ2) is 5.52. The van der Waals surface area contributed by atoms with Gasteiger partial charge in [0.15, 0.2) is 11.6 Å². The molecule has 4 N–H and O–H groups in total. The number of methoxy groups -OCH3 is 1. The Morgan fingerprint density at radius 3 is 2.86 bits per heavy atom. The minimum absolute atomic E-state index is 0.0570. The standard InChI is InChI=1S/C12H11N7O3/c1-21-7-2-3-8(20)6(4-7)5-14-17-10-9(13)15-11-12(16-10)19-22-18-11/h2-5,20H,1H3,(H2,13,15,18)(H,16,17,19)/b14-5+. The van der Waals surface area contributed by atoms with Crippen LogP contribution in [0.5, 0.6) is 11.5 Å². The molecule has 0 aliphatic heterocycles. The van der Waals surface area contributed by atoms with Gasteiger partial charge in [0.2, 0.25) is 11.3 Å². The molecule has 2 aromatic heterocycles. The normalized spacial score (nSPS) is 11.1. The van der Waals surface area contributed by atoms with Crippen LogP contribution >= 0.6 is 0 Å². The number of hydrogen-bond acceptors (Lipinski definition) is 10. The summed E-state index contributed by atoms with van der Waals surface area (Å²) in [5.41, 5.74) is 9.20. The molecule has 0 saturated carbocycles. The van der Waals surface area contributed by atoms with Gasteiger partial charge >= 0.3 is 0 Å². The van der Waals surface area contributed by atoms with Gasteiger partial charge in [-0.2, -0.15) is 10.1 Å². The fourth-order valence-electron chi connectivity index (χ4n) is 1.66. The van der Waals surface area contributed by atoms with Crippen LogP contribution in [-0.2, 0) is 0 Å². The van der Waals surface area contributed by atoms with Gasteiger partial charge < -0.3 is 15.6 Å². The minimum atomic E-state index is 0.0570. The number of hydrogen-bond donors (Lipinski definition) is 3. The van der Waals surface area contributed by atoms with Gasteiger partial charge in [-0.25, -0.2) is 9.61 Å². The molecule has 0 fully saturated rings. The largest absolute Gasteiger partial charge is 0.507 e. The molecule has 3 rings (SSSR count). The van der Waals surface area contributed by atoms with Crippen molar-refractivity contribution in [2.75, 3.05) is 18.3 Å². The van der Waals surface area contributed by atoms with Crippen molar-refractivity contribution in [2.24, 2.45) is 5.10 Å². The first-order valence-corrected chi connectivity index (χ1v) is 6.09. The minimum Gasteiger partial charge on any atom is -0.507 e. The SMILES string of the molecule is COc1ccc(O)c(/C=N/Nc2nc3nonc3nc2N)c1. The zero-order chi connectivity index (χ0) is 15.5. The number of rotatable bonds is 4. The fraction of sp³-hybridized carbons (Fsp3) is 0.0833. The van der Waals surface area contributed by atoms with E-state index in [2.05, 4.69) is 35.4 Å². The maximum absolute atomic E-state index is 9.74. The molecule has 0 amide bonds. The summed E-state index contributed by atoms with van der Waals surface area (Å²) >= 11 is 0. The Morgan fingerprint density at radius 2 is 2.09 bits per heavy atom. The van der Waals surface area contributed by atoms with Crippen LogP contribution < -0.4 is 15.9 Å². The zero-order valence-corrected chi connectivity index (χ0v) is 11.4. The summed E-state index contributed by atoms with van der Waals surface area (Å²) in [6.45, 7) is 0. The van der Waals surface area contributed by atoms with Crippen molar-refractivity contribution >= 4 is 29.1 Å². The molecule has 0 atom stereocenters. The Bertz CT molecular complexity index is 846. The average Bonchev–Trinajstić information content (AvgIpc) is 2.96. The molecule has 0 aliphatic rings. The Morgan fingerprint density at radius 1 is 1.32 bits per heavy atom. The van der Waals surface area contributed by atoms with Gasteiger partial charge in [-0.3, -0.25) is 5.43 Å². The summed E-state index contributed by atoms with van der Waals surface area (Å²) in [5.74, 6) is 0.937. The molecule has 10 nitrogen and oxygen atoms in total. The van der Waals surface area contributed by atoms with Gasteiger partial charge in [0.25, 0.3) is 0 Å². The Balaban J connectivity index is 1.82. The van der Waals surface area contributed by atoms with Gasteiger partial charge in [0, 0.05) is 5.56 Å². The van der Waals surface area contributed by atoms with E-state index < -0.39 is 0 Å². The number of nitrogen functional groups attached to an aromatic ring is 1. The lowest BCUT2D eigenvalue weighted by atomic mass is 10.2. The lowest BCUT2D eigenvalue weighted by Crippen LogP contribution is -2.02. The molecule has 2 heterocycles. The molecule has 0 saturated heterocycles. The first-order valence-electron chi connectivity index (χ1n) is 6.09. The summed E-state index contributed by atoms with van der Waals surface area (Å²) in [6, 6.07) is 4.76. The quantitative estimate of drug-likeness (QED) is 0.469. The summed E-state index contributed by atoms with van der Waals surface area (Å²) in [6.07, 6.45) is 1.39. The van der Waals surface area contributed by atoms with Gasteiger partial charge in [-0.15, -0.1) is 0 Å². The number of nitrogens with two attached hydrogens (primary N) is 1. The third kappa shape index (κ3) is 2.57. The number of nitrogens with zero attached hydrogens (tertiary/aromatic N) is 5. The van der Waals surface area contributed by atoms with E-state index in [9.17, 15) is 5.11 Å². The molecule has 0 bridgehead atoms. The van der Waals surface area contributed by atoms with Crippen LogP contribution in [0, 0.1) is 0 Å². The predicted octanol–water partition coefficient (Wildman–Crippen LogP) is 0.755. The Labute approximate surface area is 123 Å². The number of benzene rings is 1. The van der Waals surface area contributed by atoms with Crippen LogP contribution in [0.25, 0.3) is 11.3 Å². The van der Waals surface area contributed by atoms with Gasteiger partial charge in [0.05, 0.1) is 13.3 Å². The first kappa shape index (κ1) is 13.5. The van der Waals surface area contributed by atoms with Crippen molar-refractivity contribution in [1.29, 1.82) is 0 Å². The van der Waals surface area contributed by atoms with Crippen LogP contribution in [-0.4, -0.2) is 38.7 Å². The zero-order valence-electron chi connectivity index (χ0n) is 11.4. The third-order valence-electron chi connectivity index (χ3n) is 2.75. The van der Waals surface area contributed by atoms with E-state index >= 15 is 0 Å². The number of hydrazone groups is 1. The molecular weight excluding hydrogens is 290 g/mol. The second-order valence-electron chi connectivity index (χ2n) is 4.16. The lowest BCUT2D eigenvalue weighted by Gasteiger charge is -2.04. The van der Waals surface area contributed by atoms with Crippen molar-refractivity contribution in [3.05, 3.63) is 23.8 Å². The van der Waals surface area contributed by atoms with E-state index in [0.717, 1.165) is 0 Å². The molecule has 1 aromatic carbocycles. The Kier molecular flexibility index (Phi) is 3.40. The van der Waals surface area contributed by atoms with E-state index in [1.165, 1.54) is 19.4 Å². The van der Waals surface area contributed by atoms with Crippen molar-refractivity contribution in [1.82, 2.24) is 20.3 Å². The summed E-state index contributed by atoms with van der Waals surface area (Å²) < 4.78 is 9.57. The molecule has 0 unspecified atom stereocenters. The first-order chi connectivity index (χ1) is 10.7. The highest BCUT2D eigenvalue weighted by atomic mass is 16.6. The number of ether oxygens (including phenoxy) is 1. The number of aromatic nitrogens is 4. The molecule has 10 heteroatoms. The average molecular weight is 301 g/mol. The molecule has 0 aliphatic carbocycles. The molecule has 112 valence electrons. The maximum atomic E-state index is 9.74. The smallest absolute Gasteiger partial charge is 0.245 e. The molecule has 3 aromatic rings. The van der Waals surface area contributed by atoms with Gasteiger partial charge in [0.1, 0.15) is 11.5 Å². The van der Waals surface area contributed by atoms with Crippen molar-refractivity contribution in [2.45, 2.75) is 0 Å². The number of fused-ring (bicyclic) bond motifs is 1. The number of aromatic hydroxyl groups is 1. The van der Waals surface area contributed by atoms with E-state index in [4.69, 9.17) is 10.5 Å². The summed E-state index contributed by atoms with van der Waals surface area (Å²) in [5, 5.41) is 20.8. The Hall–Kier alpha value is -3.43. The molecule has 22 heavy (non-hydrogen) atoms. The van der Waals surface area contributed by atoms with Crippen LogP contribution in [0.4, 0.5) is 11.6 Å². The van der Waals surface area contributed by atoms with E-state index in [1.54, 1.807) is 12.1 Å². The second-order valence-corrected chi connectivity index (χ2v) is 4.16. The highest BCUT2D eigenvalue weighted by Crippen LogP contribution is 2.21. The van der Waals surface area contributed by atoms with Gasteiger partial charge in [-0.05, 0) is 28.5 Å². The number of phenols is 1. The van der Waals surface area contributed by atoms with Crippen LogP contribution in [0.3, 0.4) is 0 Å². The van der Waals surface area contributed by atoms with Crippen LogP contribution in [0.1, 0.15) is 5.56 Å². The molecule has 0 spiro atoms. The summed E-state index contributed by atoms with van der Waals surface area (Å²) in [7, 11) is 1.53. The number of nitrogens with one attached hydrogen (secondary N) is 1. The van der Waals surface area contributed by atoms with Gasteiger partial charge in [-0.1, -0.05) is 0 Å². The van der Waals surface area contributed by atoms with Crippen LogP contribution in [0.15, 0.2) is 27.9 Å².